The molecule has 1 heterocycles. The van der Waals surface area contributed by atoms with Crippen molar-refractivity contribution < 1.29 is 14.5 Å². The first-order valence-electron chi connectivity index (χ1n) is 7.54. The Balaban J connectivity index is 1.88. The quantitative estimate of drug-likeness (QED) is 0.368. The van der Waals surface area contributed by atoms with Crippen LogP contribution in [0.2, 0.25) is 0 Å². The molecule has 0 spiro atoms. The molecule has 0 N–H and O–H groups in total. The Morgan fingerprint density at radius 1 is 1.16 bits per heavy atom. The van der Waals surface area contributed by atoms with Gasteiger partial charge in [-0.05, 0) is 30.2 Å². The topological polar surface area (TPSA) is 81.8 Å². The number of aliphatic imine (C=N–C) groups is 1. The van der Waals surface area contributed by atoms with Crippen LogP contribution in [0.25, 0.3) is 6.08 Å². The van der Waals surface area contributed by atoms with E-state index >= 15 is 0 Å². The summed E-state index contributed by atoms with van der Waals surface area (Å²) in [5.74, 6) is -0.519. The van der Waals surface area contributed by atoms with Crippen LogP contribution in [0.1, 0.15) is 18.1 Å². The van der Waals surface area contributed by atoms with Crippen LogP contribution in [0.15, 0.2) is 76.9 Å². The van der Waals surface area contributed by atoms with Crippen molar-refractivity contribution in [2.24, 2.45) is 4.99 Å². The number of carbonyl (C=O) groups is 1. The summed E-state index contributed by atoms with van der Waals surface area (Å²) in [6.07, 6.45) is 3.54. The van der Waals surface area contributed by atoms with E-state index in [4.69, 9.17) is 4.74 Å². The van der Waals surface area contributed by atoms with Crippen LogP contribution in [0.5, 0.6) is 0 Å². The molecule has 3 rings (SSSR count). The van der Waals surface area contributed by atoms with Crippen LogP contribution >= 0.6 is 0 Å². The second kappa shape index (κ2) is 6.92. The van der Waals surface area contributed by atoms with Gasteiger partial charge in [0.1, 0.15) is 0 Å². The molecule has 0 aromatic heterocycles. The minimum atomic E-state index is -0.581. The first-order chi connectivity index (χ1) is 12.0. The fraction of sp³-hybridized carbons (Fsp3) is 0.0526. The zero-order valence-electron chi connectivity index (χ0n) is 13.4. The predicted octanol–water partition coefficient (Wildman–Crippen LogP) is 3.89. The first-order valence-corrected chi connectivity index (χ1v) is 7.54. The van der Waals surface area contributed by atoms with Crippen LogP contribution in [-0.4, -0.2) is 16.8 Å². The largest absolute Gasteiger partial charge is 0.402 e. The second-order valence-electron chi connectivity index (χ2n) is 5.44. The van der Waals surface area contributed by atoms with Gasteiger partial charge in [0.15, 0.2) is 5.70 Å². The normalized spacial score (nSPS) is 15.9. The molecule has 25 heavy (non-hydrogen) atoms. The SMILES string of the molecule is CC(=C/c1ccccc1)/C=C1/N=C(c2cccc([N+](=O)[O-])c2)OC1=O. The van der Waals surface area contributed by atoms with Gasteiger partial charge in [0.05, 0.1) is 4.92 Å². The van der Waals surface area contributed by atoms with Crippen LogP contribution in [0.3, 0.4) is 0 Å². The monoisotopic (exact) mass is 334 g/mol. The molecule has 0 saturated heterocycles. The van der Waals surface area contributed by atoms with E-state index in [0.29, 0.717) is 5.56 Å². The Labute approximate surface area is 143 Å². The third kappa shape index (κ3) is 3.87. The van der Waals surface area contributed by atoms with Crippen molar-refractivity contribution in [1.29, 1.82) is 0 Å². The molecule has 6 nitrogen and oxygen atoms in total. The average molecular weight is 334 g/mol. The van der Waals surface area contributed by atoms with E-state index in [-0.39, 0.29) is 17.3 Å². The maximum atomic E-state index is 12.0. The zero-order valence-corrected chi connectivity index (χ0v) is 13.4. The van der Waals surface area contributed by atoms with Gasteiger partial charge < -0.3 is 4.74 Å². The first kappa shape index (κ1) is 16.3. The minimum absolute atomic E-state index is 0.0625. The fourth-order valence-electron chi connectivity index (χ4n) is 2.35. The molecule has 6 heteroatoms. The standard InChI is InChI=1S/C19H14N2O4/c1-13(10-14-6-3-2-4-7-14)11-17-19(22)25-18(20-17)15-8-5-9-16(12-15)21(23)24/h2-12H,1H3/b13-10-,17-11+. The molecular formula is C19H14N2O4. The van der Waals surface area contributed by atoms with E-state index in [1.165, 1.54) is 18.2 Å². The van der Waals surface area contributed by atoms with Crippen LogP contribution in [0, 0.1) is 10.1 Å². The van der Waals surface area contributed by atoms with E-state index in [9.17, 15) is 14.9 Å². The van der Waals surface area contributed by atoms with Crippen LogP contribution < -0.4 is 0 Å². The summed E-state index contributed by atoms with van der Waals surface area (Å²) in [4.78, 5) is 26.5. The van der Waals surface area contributed by atoms with Crippen molar-refractivity contribution >= 4 is 23.6 Å². The van der Waals surface area contributed by atoms with Gasteiger partial charge in [-0.3, -0.25) is 10.1 Å². The number of cyclic esters (lactones) is 1. The lowest BCUT2D eigenvalue weighted by molar-refractivity contribution is -0.384. The number of carbonyl (C=O) groups excluding carboxylic acids is 1. The molecular weight excluding hydrogens is 320 g/mol. The maximum absolute atomic E-state index is 12.0. The van der Waals surface area contributed by atoms with Gasteiger partial charge in [-0.15, -0.1) is 0 Å². The smallest absolute Gasteiger partial charge is 0.363 e. The van der Waals surface area contributed by atoms with Gasteiger partial charge in [-0.25, -0.2) is 9.79 Å². The van der Waals surface area contributed by atoms with Gasteiger partial charge in [-0.1, -0.05) is 42.5 Å². The number of nitrogens with zero attached hydrogens (tertiary/aromatic N) is 2. The molecule has 124 valence electrons. The molecule has 0 fully saturated rings. The number of hydrogen-bond acceptors (Lipinski definition) is 5. The van der Waals surface area contributed by atoms with Crippen molar-refractivity contribution in [2.45, 2.75) is 6.92 Å². The van der Waals surface area contributed by atoms with E-state index in [2.05, 4.69) is 4.99 Å². The van der Waals surface area contributed by atoms with Crippen molar-refractivity contribution in [2.75, 3.05) is 0 Å². The van der Waals surface area contributed by atoms with Crippen LogP contribution in [-0.2, 0) is 9.53 Å². The van der Waals surface area contributed by atoms with Gasteiger partial charge in [-0.2, -0.15) is 0 Å². The van der Waals surface area contributed by atoms with E-state index in [0.717, 1.165) is 11.1 Å². The summed E-state index contributed by atoms with van der Waals surface area (Å²) < 4.78 is 5.14. The number of benzene rings is 2. The Hall–Kier alpha value is -3.54. The number of nitro benzene ring substituents is 1. The summed E-state index contributed by atoms with van der Waals surface area (Å²) in [6, 6.07) is 15.5. The summed E-state index contributed by atoms with van der Waals surface area (Å²) in [6.45, 7) is 1.86. The molecule has 1 aliphatic heterocycles. The predicted molar refractivity (Wildman–Crippen MR) is 93.9 cm³/mol. The van der Waals surface area contributed by atoms with Crippen molar-refractivity contribution in [3.63, 3.8) is 0 Å². The Bertz CT molecular complexity index is 927. The molecule has 2 aromatic carbocycles. The lowest BCUT2D eigenvalue weighted by Gasteiger charge is -1.98. The zero-order chi connectivity index (χ0) is 17.8. The average Bonchev–Trinajstić information content (AvgIpc) is 2.96. The number of esters is 1. The minimum Gasteiger partial charge on any atom is -0.402 e. The van der Waals surface area contributed by atoms with Crippen molar-refractivity contribution in [3.8, 4) is 0 Å². The highest BCUT2D eigenvalue weighted by Crippen LogP contribution is 2.21. The Kier molecular flexibility index (Phi) is 4.52. The van der Waals surface area contributed by atoms with Gasteiger partial charge in [0, 0.05) is 17.7 Å². The fourth-order valence-corrected chi connectivity index (χ4v) is 2.35. The van der Waals surface area contributed by atoms with Crippen LogP contribution in [0.4, 0.5) is 5.69 Å². The lowest BCUT2D eigenvalue weighted by Crippen LogP contribution is -2.05. The number of non-ortho nitro benzene ring substituents is 1. The highest BCUT2D eigenvalue weighted by atomic mass is 16.6. The molecule has 0 atom stereocenters. The highest BCUT2D eigenvalue weighted by molar-refractivity contribution is 6.11. The summed E-state index contributed by atoms with van der Waals surface area (Å²) in [5, 5.41) is 10.9. The summed E-state index contributed by atoms with van der Waals surface area (Å²) in [5.41, 5.74) is 2.30. The molecule has 1 aliphatic rings. The highest BCUT2D eigenvalue weighted by Gasteiger charge is 2.25. The summed E-state index contributed by atoms with van der Waals surface area (Å²) in [7, 11) is 0. The second-order valence-corrected chi connectivity index (χ2v) is 5.44. The number of nitro groups is 1. The summed E-state index contributed by atoms with van der Waals surface area (Å²) >= 11 is 0. The van der Waals surface area contributed by atoms with E-state index < -0.39 is 10.9 Å². The molecule has 0 radical (unpaired) electrons. The maximum Gasteiger partial charge on any atom is 0.363 e. The number of allylic oxidation sites excluding steroid dienone is 2. The Morgan fingerprint density at radius 2 is 1.92 bits per heavy atom. The van der Waals surface area contributed by atoms with Gasteiger partial charge in [0.2, 0.25) is 5.90 Å². The lowest BCUT2D eigenvalue weighted by atomic mass is 10.1. The molecule has 0 aliphatic carbocycles. The van der Waals surface area contributed by atoms with Crippen molar-refractivity contribution in [1.82, 2.24) is 0 Å². The van der Waals surface area contributed by atoms with E-state index in [1.54, 1.807) is 12.1 Å². The molecule has 0 unspecified atom stereocenters. The third-order valence-electron chi connectivity index (χ3n) is 3.48. The Morgan fingerprint density at radius 3 is 2.64 bits per heavy atom. The molecule has 0 bridgehead atoms. The third-order valence-corrected chi connectivity index (χ3v) is 3.48. The number of ether oxygens (including phenoxy) is 1. The molecule has 0 amide bonds. The molecule has 2 aromatic rings. The number of hydrogen-bond donors (Lipinski definition) is 0. The molecule has 0 saturated carbocycles. The number of rotatable bonds is 4. The van der Waals surface area contributed by atoms with Crippen molar-refractivity contribution in [3.05, 3.63) is 93.2 Å². The van der Waals surface area contributed by atoms with Gasteiger partial charge >= 0.3 is 5.97 Å². The van der Waals surface area contributed by atoms with Gasteiger partial charge in [0.25, 0.3) is 5.69 Å². The van der Waals surface area contributed by atoms with E-state index in [1.807, 2.05) is 43.3 Å².